The first-order chi connectivity index (χ1) is 11.6. The molecule has 1 aromatic heterocycles. The molecule has 24 heavy (non-hydrogen) atoms. The Bertz CT molecular complexity index is 632. The molecule has 1 aromatic carbocycles. The second kappa shape index (κ2) is 9.13. The Balaban J connectivity index is 1.78. The van der Waals surface area contributed by atoms with Gasteiger partial charge in [0.1, 0.15) is 18.1 Å². The van der Waals surface area contributed by atoms with Crippen LogP contribution in [0.25, 0.3) is 0 Å². The molecule has 0 unspecified atom stereocenters. The molecule has 5 heteroatoms. The van der Waals surface area contributed by atoms with E-state index in [9.17, 15) is 4.79 Å². The van der Waals surface area contributed by atoms with Gasteiger partial charge in [0, 0.05) is 6.54 Å². The number of furan rings is 1. The van der Waals surface area contributed by atoms with E-state index in [1.165, 1.54) is 5.56 Å². The van der Waals surface area contributed by atoms with Crippen LogP contribution in [0.2, 0.25) is 0 Å². The molecule has 2 aromatic rings. The maximum atomic E-state index is 12.0. The minimum absolute atomic E-state index is 0.188. The van der Waals surface area contributed by atoms with Crippen LogP contribution in [0.1, 0.15) is 35.2 Å². The van der Waals surface area contributed by atoms with Crippen molar-refractivity contribution in [3.8, 4) is 5.75 Å². The summed E-state index contributed by atoms with van der Waals surface area (Å²) in [5.74, 6) is 1.55. The van der Waals surface area contributed by atoms with E-state index in [1.807, 2.05) is 38.4 Å². The summed E-state index contributed by atoms with van der Waals surface area (Å²) in [6, 6.07) is 11.4. The quantitative estimate of drug-likeness (QED) is 0.718. The molecule has 0 fully saturated rings. The van der Waals surface area contributed by atoms with E-state index >= 15 is 0 Å². The number of amides is 1. The Morgan fingerprint density at radius 2 is 1.92 bits per heavy atom. The van der Waals surface area contributed by atoms with Crippen molar-refractivity contribution in [2.45, 2.75) is 26.4 Å². The van der Waals surface area contributed by atoms with E-state index in [4.69, 9.17) is 9.15 Å². The Kier molecular flexibility index (Phi) is 6.88. The smallest absolute Gasteiger partial charge is 0.286 e. The molecule has 0 aliphatic carbocycles. The minimum Gasteiger partial charge on any atom is -0.486 e. The molecule has 1 amide bonds. The molecule has 0 saturated heterocycles. The lowest BCUT2D eigenvalue weighted by Gasteiger charge is -2.09. The van der Waals surface area contributed by atoms with E-state index in [-0.39, 0.29) is 5.91 Å². The molecule has 0 aliphatic heterocycles. The number of carbonyl (C=O) groups excluding carboxylic acids is 1. The van der Waals surface area contributed by atoms with Crippen LogP contribution >= 0.6 is 0 Å². The lowest BCUT2D eigenvalue weighted by atomic mass is 10.2. The van der Waals surface area contributed by atoms with Gasteiger partial charge in [-0.2, -0.15) is 0 Å². The number of benzene rings is 1. The number of carbonyl (C=O) groups is 1. The highest BCUT2D eigenvalue weighted by molar-refractivity contribution is 5.91. The third-order valence-electron chi connectivity index (χ3n) is 3.67. The molecule has 0 bridgehead atoms. The molecule has 2 rings (SSSR count). The van der Waals surface area contributed by atoms with E-state index in [0.717, 1.165) is 25.1 Å². The SMILES string of the molecule is CCc1ccc(OCc2ccc(C(=O)NCCCN(C)C)o2)cc1. The number of ether oxygens (including phenoxy) is 1. The second-order valence-corrected chi connectivity index (χ2v) is 5.96. The van der Waals surface area contributed by atoms with E-state index in [0.29, 0.717) is 24.7 Å². The fraction of sp³-hybridized carbons (Fsp3) is 0.421. The third-order valence-corrected chi connectivity index (χ3v) is 3.67. The van der Waals surface area contributed by atoms with Crippen LogP contribution in [0.5, 0.6) is 5.75 Å². The van der Waals surface area contributed by atoms with Crippen molar-refractivity contribution < 1.29 is 13.9 Å². The second-order valence-electron chi connectivity index (χ2n) is 5.96. The van der Waals surface area contributed by atoms with E-state index in [1.54, 1.807) is 12.1 Å². The zero-order valence-corrected chi connectivity index (χ0v) is 14.7. The highest BCUT2D eigenvalue weighted by Crippen LogP contribution is 2.16. The van der Waals surface area contributed by atoms with E-state index in [2.05, 4.69) is 17.1 Å². The van der Waals surface area contributed by atoms with Gasteiger partial charge in [-0.05, 0) is 63.3 Å². The molecule has 0 aliphatic rings. The summed E-state index contributed by atoms with van der Waals surface area (Å²) in [6.45, 7) is 3.99. The number of nitrogens with one attached hydrogen (secondary N) is 1. The van der Waals surface area contributed by atoms with Crippen LogP contribution < -0.4 is 10.1 Å². The highest BCUT2D eigenvalue weighted by Gasteiger charge is 2.11. The summed E-state index contributed by atoms with van der Waals surface area (Å²) < 4.78 is 11.2. The molecule has 0 saturated carbocycles. The molecule has 0 radical (unpaired) electrons. The third kappa shape index (κ3) is 5.74. The summed E-state index contributed by atoms with van der Waals surface area (Å²) in [5.41, 5.74) is 1.27. The van der Waals surface area contributed by atoms with Crippen molar-refractivity contribution in [3.63, 3.8) is 0 Å². The van der Waals surface area contributed by atoms with E-state index < -0.39 is 0 Å². The van der Waals surface area contributed by atoms with Gasteiger partial charge < -0.3 is 19.4 Å². The van der Waals surface area contributed by atoms with Crippen LogP contribution in [0.15, 0.2) is 40.8 Å². The van der Waals surface area contributed by atoms with Gasteiger partial charge in [-0.1, -0.05) is 19.1 Å². The fourth-order valence-corrected chi connectivity index (χ4v) is 2.24. The zero-order chi connectivity index (χ0) is 17.4. The van der Waals surface area contributed by atoms with Crippen molar-refractivity contribution in [2.24, 2.45) is 0 Å². The topological polar surface area (TPSA) is 54.7 Å². The average molecular weight is 330 g/mol. The lowest BCUT2D eigenvalue weighted by Crippen LogP contribution is -2.26. The molecule has 5 nitrogen and oxygen atoms in total. The summed E-state index contributed by atoms with van der Waals surface area (Å²) in [7, 11) is 4.02. The van der Waals surface area contributed by atoms with Gasteiger partial charge in [0.05, 0.1) is 0 Å². The standard InChI is InChI=1S/C19H26N2O3/c1-4-15-6-8-16(9-7-15)23-14-17-10-11-18(24-17)19(22)20-12-5-13-21(2)3/h6-11H,4-5,12-14H2,1-3H3,(H,20,22). The number of hydrogen-bond acceptors (Lipinski definition) is 4. The monoisotopic (exact) mass is 330 g/mol. The summed E-state index contributed by atoms with van der Waals surface area (Å²) in [6.07, 6.45) is 1.91. The first-order valence-corrected chi connectivity index (χ1v) is 8.32. The van der Waals surface area contributed by atoms with Crippen LogP contribution in [0.4, 0.5) is 0 Å². The maximum absolute atomic E-state index is 12.0. The maximum Gasteiger partial charge on any atom is 0.286 e. The Hall–Kier alpha value is -2.27. The van der Waals surface area contributed by atoms with Gasteiger partial charge in [0.15, 0.2) is 5.76 Å². The molecule has 1 N–H and O–H groups in total. The molecular formula is C19H26N2O3. The van der Waals surface area contributed by atoms with Gasteiger partial charge in [-0.3, -0.25) is 4.79 Å². The van der Waals surface area contributed by atoms with Gasteiger partial charge >= 0.3 is 0 Å². The predicted octanol–water partition coefficient (Wildman–Crippen LogP) is 3.10. The van der Waals surface area contributed by atoms with Crippen molar-refractivity contribution in [1.82, 2.24) is 10.2 Å². The normalized spacial score (nSPS) is 10.8. The van der Waals surface area contributed by atoms with Crippen LogP contribution in [-0.2, 0) is 13.0 Å². The summed E-state index contributed by atoms with van der Waals surface area (Å²) in [5, 5.41) is 2.85. The largest absolute Gasteiger partial charge is 0.486 e. The van der Waals surface area contributed by atoms with Crippen LogP contribution in [0.3, 0.4) is 0 Å². The van der Waals surface area contributed by atoms with Gasteiger partial charge in [0.25, 0.3) is 5.91 Å². The minimum atomic E-state index is -0.188. The Labute approximate surface area is 143 Å². The average Bonchev–Trinajstić information content (AvgIpc) is 3.06. The van der Waals surface area contributed by atoms with Crippen molar-refractivity contribution in [1.29, 1.82) is 0 Å². The van der Waals surface area contributed by atoms with Crippen LogP contribution in [0, 0.1) is 0 Å². The molecule has 130 valence electrons. The van der Waals surface area contributed by atoms with Crippen molar-refractivity contribution in [2.75, 3.05) is 27.2 Å². The van der Waals surface area contributed by atoms with Gasteiger partial charge in [-0.15, -0.1) is 0 Å². The molecule has 1 heterocycles. The molecule has 0 atom stereocenters. The zero-order valence-electron chi connectivity index (χ0n) is 14.7. The summed E-state index contributed by atoms with van der Waals surface area (Å²) >= 11 is 0. The van der Waals surface area contributed by atoms with Gasteiger partial charge in [0.2, 0.25) is 0 Å². The predicted molar refractivity (Wildman–Crippen MR) is 94.4 cm³/mol. The number of hydrogen-bond donors (Lipinski definition) is 1. The van der Waals surface area contributed by atoms with Crippen LogP contribution in [-0.4, -0.2) is 38.0 Å². The summed E-state index contributed by atoms with van der Waals surface area (Å²) in [4.78, 5) is 14.1. The first kappa shape index (κ1) is 18.1. The van der Waals surface area contributed by atoms with Gasteiger partial charge in [-0.25, -0.2) is 0 Å². The molecular weight excluding hydrogens is 304 g/mol. The highest BCUT2D eigenvalue weighted by atomic mass is 16.5. The molecule has 0 spiro atoms. The van der Waals surface area contributed by atoms with Crippen molar-refractivity contribution in [3.05, 3.63) is 53.5 Å². The lowest BCUT2D eigenvalue weighted by molar-refractivity contribution is 0.0920. The van der Waals surface area contributed by atoms with Crippen molar-refractivity contribution >= 4 is 5.91 Å². The number of nitrogens with zero attached hydrogens (tertiary/aromatic N) is 1. The first-order valence-electron chi connectivity index (χ1n) is 8.32. The Morgan fingerprint density at radius 3 is 2.58 bits per heavy atom. The number of aryl methyl sites for hydroxylation is 1. The Morgan fingerprint density at radius 1 is 1.17 bits per heavy atom. The fourth-order valence-electron chi connectivity index (χ4n) is 2.24. The number of rotatable bonds is 9.